The topological polar surface area (TPSA) is 63.2 Å². The van der Waals surface area contributed by atoms with Crippen LogP contribution in [0.2, 0.25) is 0 Å². The van der Waals surface area contributed by atoms with Gasteiger partial charge in [0.15, 0.2) is 0 Å². The lowest BCUT2D eigenvalue weighted by Crippen LogP contribution is -2.46. The molecule has 2 heterocycles. The highest BCUT2D eigenvalue weighted by atomic mass is 16.5. The quantitative estimate of drug-likeness (QED) is 0.839. The lowest BCUT2D eigenvalue weighted by atomic mass is 10.0. The summed E-state index contributed by atoms with van der Waals surface area (Å²) in [5.41, 5.74) is 1.01. The molecular weight excluding hydrogens is 266 g/mol. The third-order valence-electron chi connectivity index (χ3n) is 3.99. The van der Waals surface area contributed by atoms with Gasteiger partial charge in [-0.1, -0.05) is 18.2 Å². The lowest BCUT2D eigenvalue weighted by molar-refractivity contribution is 0.0996. The van der Waals surface area contributed by atoms with Crippen LogP contribution in [0.3, 0.4) is 0 Å². The summed E-state index contributed by atoms with van der Waals surface area (Å²) in [6, 6.07) is 3.91. The molecule has 1 aromatic heterocycles. The highest BCUT2D eigenvalue weighted by molar-refractivity contribution is 5.75. The predicted molar refractivity (Wildman–Crippen MR) is 79.8 cm³/mol. The van der Waals surface area contributed by atoms with Crippen molar-refractivity contribution in [2.75, 3.05) is 6.61 Å². The maximum Gasteiger partial charge on any atom is 0.315 e. The van der Waals surface area contributed by atoms with Gasteiger partial charge in [0.25, 0.3) is 0 Å². The summed E-state index contributed by atoms with van der Waals surface area (Å²) < 4.78 is 5.75. The normalized spacial score (nSPS) is 28.3. The number of hydrogen-bond acceptors (Lipinski definition) is 3. The van der Waals surface area contributed by atoms with Gasteiger partial charge in [0.2, 0.25) is 0 Å². The van der Waals surface area contributed by atoms with Crippen LogP contribution in [0.15, 0.2) is 36.7 Å². The van der Waals surface area contributed by atoms with E-state index in [1.54, 1.807) is 12.4 Å². The van der Waals surface area contributed by atoms with E-state index in [1.165, 1.54) is 0 Å². The number of rotatable bonds is 3. The molecule has 5 heteroatoms. The standard InChI is InChI=1S/C16H21N3O2/c20-16(18-13-6-2-1-3-7-13)19-14-8-10-21-15(14)12-5-4-9-17-11-12/h2,4-6,9,11,13-15H,1,3,7-8,10H2,(H2,18,19,20)/t13-,14-,15+/m0/s1. The molecule has 0 bridgehead atoms. The van der Waals surface area contributed by atoms with E-state index in [1.807, 2.05) is 12.1 Å². The number of urea groups is 1. The lowest BCUT2D eigenvalue weighted by Gasteiger charge is -2.23. The monoisotopic (exact) mass is 287 g/mol. The molecule has 3 atom stereocenters. The van der Waals surface area contributed by atoms with Gasteiger partial charge < -0.3 is 15.4 Å². The van der Waals surface area contributed by atoms with Gasteiger partial charge in [-0.05, 0) is 31.7 Å². The first kappa shape index (κ1) is 14.1. The fourth-order valence-electron chi connectivity index (χ4n) is 2.92. The molecular formula is C16H21N3O2. The molecule has 2 amide bonds. The Balaban J connectivity index is 1.57. The molecule has 0 aromatic carbocycles. The first-order chi connectivity index (χ1) is 10.3. The molecule has 0 radical (unpaired) electrons. The maximum atomic E-state index is 12.1. The van der Waals surface area contributed by atoms with Gasteiger partial charge in [0, 0.05) is 30.6 Å². The summed E-state index contributed by atoms with van der Waals surface area (Å²) in [5, 5.41) is 6.05. The third kappa shape index (κ3) is 3.61. The molecule has 112 valence electrons. The minimum Gasteiger partial charge on any atom is -0.371 e. The van der Waals surface area contributed by atoms with Gasteiger partial charge in [-0.2, -0.15) is 0 Å². The zero-order chi connectivity index (χ0) is 14.5. The molecule has 3 rings (SSSR count). The number of nitrogens with one attached hydrogen (secondary N) is 2. The Labute approximate surface area is 124 Å². The summed E-state index contributed by atoms with van der Waals surface area (Å²) in [6.45, 7) is 0.661. The Morgan fingerprint density at radius 3 is 3.05 bits per heavy atom. The Bertz CT molecular complexity index is 504. The number of pyridine rings is 1. The van der Waals surface area contributed by atoms with Crippen LogP contribution < -0.4 is 10.6 Å². The van der Waals surface area contributed by atoms with Crippen LogP contribution in [0.25, 0.3) is 0 Å². The molecule has 5 nitrogen and oxygen atoms in total. The van der Waals surface area contributed by atoms with Gasteiger partial charge in [0.1, 0.15) is 6.10 Å². The SMILES string of the molecule is O=C(N[C@H]1CCO[C@@H]1c1cccnc1)N[C@H]1C=CCCC1. The van der Waals surface area contributed by atoms with Crippen molar-refractivity contribution in [1.29, 1.82) is 0 Å². The second-order valence-corrected chi connectivity index (χ2v) is 5.56. The number of carbonyl (C=O) groups excluding carboxylic acids is 1. The molecule has 1 aliphatic heterocycles. The van der Waals surface area contributed by atoms with E-state index in [0.717, 1.165) is 31.2 Å². The number of allylic oxidation sites excluding steroid dienone is 1. The van der Waals surface area contributed by atoms with Crippen LogP contribution in [0, 0.1) is 0 Å². The Morgan fingerprint density at radius 1 is 1.33 bits per heavy atom. The highest BCUT2D eigenvalue weighted by Crippen LogP contribution is 2.28. The number of carbonyl (C=O) groups is 1. The Morgan fingerprint density at radius 2 is 2.29 bits per heavy atom. The molecule has 2 aliphatic rings. The van der Waals surface area contributed by atoms with Crippen molar-refractivity contribution in [3.8, 4) is 0 Å². The summed E-state index contributed by atoms with van der Waals surface area (Å²) >= 11 is 0. The zero-order valence-electron chi connectivity index (χ0n) is 12.0. The molecule has 1 aliphatic carbocycles. The van der Waals surface area contributed by atoms with Crippen molar-refractivity contribution in [2.24, 2.45) is 0 Å². The van der Waals surface area contributed by atoms with Crippen LogP contribution in [0.5, 0.6) is 0 Å². The molecule has 1 saturated heterocycles. The van der Waals surface area contributed by atoms with Crippen LogP contribution in [0.1, 0.15) is 37.4 Å². The van der Waals surface area contributed by atoms with Gasteiger partial charge in [0.05, 0.1) is 6.04 Å². The molecule has 0 spiro atoms. The van der Waals surface area contributed by atoms with E-state index in [9.17, 15) is 4.79 Å². The number of amides is 2. The smallest absolute Gasteiger partial charge is 0.315 e. The average molecular weight is 287 g/mol. The first-order valence-electron chi connectivity index (χ1n) is 7.58. The molecule has 2 N–H and O–H groups in total. The summed E-state index contributed by atoms with van der Waals surface area (Å²) in [6.07, 6.45) is 11.7. The van der Waals surface area contributed by atoms with Crippen LogP contribution in [-0.4, -0.2) is 29.7 Å². The number of hydrogen-bond donors (Lipinski definition) is 2. The van der Waals surface area contributed by atoms with E-state index in [0.29, 0.717) is 6.61 Å². The van der Waals surface area contributed by atoms with Crippen molar-refractivity contribution in [3.05, 3.63) is 42.2 Å². The van der Waals surface area contributed by atoms with Crippen molar-refractivity contribution in [3.63, 3.8) is 0 Å². The molecule has 1 aromatic rings. The third-order valence-corrected chi connectivity index (χ3v) is 3.99. The molecule has 0 saturated carbocycles. The van der Waals surface area contributed by atoms with E-state index >= 15 is 0 Å². The van der Waals surface area contributed by atoms with Gasteiger partial charge >= 0.3 is 6.03 Å². The second kappa shape index (κ2) is 6.72. The Kier molecular flexibility index (Phi) is 4.50. The van der Waals surface area contributed by atoms with Crippen LogP contribution >= 0.6 is 0 Å². The zero-order valence-corrected chi connectivity index (χ0v) is 12.0. The second-order valence-electron chi connectivity index (χ2n) is 5.56. The first-order valence-corrected chi connectivity index (χ1v) is 7.58. The van der Waals surface area contributed by atoms with Gasteiger partial charge in [-0.15, -0.1) is 0 Å². The maximum absolute atomic E-state index is 12.1. The van der Waals surface area contributed by atoms with E-state index in [4.69, 9.17) is 4.74 Å². The number of aromatic nitrogens is 1. The fraction of sp³-hybridized carbons (Fsp3) is 0.500. The van der Waals surface area contributed by atoms with Crippen molar-refractivity contribution in [1.82, 2.24) is 15.6 Å². The summed E-state index contributed by atoms with van der Waals surface area (Å²) in [5.74, 6) is 0. The summed E-state index contributed by atoms with van der Waals surface area (Å²) in [7, 11) is 0. The molecule has 21 heavy (non-hydrogen) atoms. The average Bonchev–Trinajstić information content (AvgIpc) is 2.97. The fourth-order valence-corrected chi connectivity index (χ4v) is 2.92. The molecule has 0 unspecified atom stereocenters. The number of nitrogens with zero attached hydrogens (tertiary/aromatic N) is 1. The van der Waals surface area contributed by atoms with Gasteiger partial charge in [-0.3, -0.25) is 4.98 Å². The van der Waals surface area contributed by atoms with Gasteiger partial charge in [-0.25, -0.2) is 4.79 Å². The van der Waals surface area contributed by atoms with Crippen molar-refractivity contribution < 1.29 is 9.53 Å². The van der Waals surface area contributed by atoms with Crippen LogP contribution in [-0.2, 0) is 4.74 Å². The highest BCUT2D eigenvalue weighted by Gasteiger charge is 2.31. The minimum absolute atomic E-state index is 0.00164. The van der Waals surface area contributed by atoms with Crippen molar-refractivity contribution in [2.45, 2.75) is 43.9 Å². The van der Waals surface area contributed by atoms with E-state index in [2.05, 4.69) is 27.8 Å². The summed E-state index contributed by atoms with van der Waals surface area (Å²) in [4.78, 5) is 16.2. The van der Waals surface area contributed by atoms with Crippen molar-refractivity contribution >= 4 is 6.03 Å². The van der Waals surface area contributed by atoms with E-state index in [-0.39, 0.29) is 24.2 Å². The predicted octanol–water partition coefficient (Wildman–Crippen LogP) is 2.32. The minimum atomic E-state index is -0.115. The van der Waals surface area contributed by atoms with E-state index < -0.39 is 0 Å². The van der Waals surface area contributed by atoms with Crippen LogP contribution in [0.4, 0.5) is 4.79 Å². The number of ether oxygens (including phenoxy) is 1. The Hall–Kier alpha value is -1.88. The molecule has 1 fully saturated rings. The largest absolute Gasteiger partial charge is 0.371 e.